The van der Waals surface area contributed by atoms with Crippen LogP contribution in [0.1, 0.15) is 33.6 Å². The van der Waals surface area contributed by atoms with Gasteiger partial charge in [-0.05, 0) is 12.8 Å². The summed E-state index contributed by atoms with van der Waals surface area (Å²) in [6, 6.07) is -0.834. The molecule has 1 N–H and O–H groups in total. The third-order valence-corrected chi connectivity index (χ3v) is 2.67. The van der Waals surface area contributed by atoms with E-state index in [1.165, 1.54) is 4.90 Å². The molecule has 5 nitrogen and oxygen atoms in total. The van der Waals surface area contributed by atoms with E-state index in [0.29, 0.717) is 19.4 Å². The highest BCUT2D eigenvalue weighted by Gasteiger charge is 2.39. The smallest absolute Gasteiger partial charge is 0.326 e. The number of likely N-dealkylation sites (tertiary alicyclic amines) is 1. The lowest BCUT2D eigenvalue weighted by molar-refractivity contribution is -0.154. The molecule has 1 saturated heterocycles. The molecule has 0 aromatic heterocycles. The first-order valence-electron chi connectivity index (χ1n) is 5.33. The van der Waals surface area contributed by atoms with Gasteiger partial charge in [-0.3, -0.25) is 9.59 Å². The molecule has 5 heteroatoms. The summed E-state index contributed by atoms with van der Waals surface area (Å²) < 4.78 is 0. The van der Waals surface area contributed by atoms with E-state index < -0.39 is 29.1 Å². The molecular formula is C11H17NO4. The van der Waals surface area contributed by atoms with Crippen LogP contribution >= 0.6 is 0 Å². The van der Waals surface area contributed by atoms with Gasteiger partial charge in [0.05, 0.1) is 0 Å². The fourth-order valence-electron chi connectivity index (χ4n) is 1.72. The summed E-state index contributed by atoms with van der Waals surface area (Å²) in [6.45, 7) is 5.31. The summed E-state index contributed by atoms with van der Waals surface area (Å²) in [5, 5.41) is 8.91. The Labute approximate surface area is 94.4 Å². The molecule has 1 fully saturated rings. The van der Waals surface area contributed by atoms with Gasteiger partial charge in [-0.2, -0.15) is 0 Å². The van der Waals surface area contributed by atoms with Crippen LogP contribution in [0.25, 0.3) is 0 Å². The molecule has 0 aromatic rings. The van der Waals surface area contributed by atoms with Crippen molar-refractivity contribution in [3.63, 3.8) is 0 Å². The molecule has 0 unspecified atom stereocenters. The fraction of sp³-hybridized carbons (Fsp3) is 0.727. The number of hydrogen-bond acceptors (Lipinski definition) is 3. The quantitative estimate of drug-likeness (QED) is 0.704. The zero-order valence-electron chi connectivity index (χ0n) is 9.82. The number of carbonyl (C=O) groups is 3. The van der Waals surface area contributed by atoms with Crippen LogP contribution in [0.3, 0.4) is 0 Å². The normalized spacial score (nSPS) is 20.9. The second kappa shape index (κ2) is 4.23. The summed E-state index contributed by atoms with van der Waals surface area (Å²) in [7, 11) is 0. The second-order valence-electron chi connectivity index (χ2n) is 5.07. The van der Waals surface area contributed by atoms with Gasteiger partial charge in [0.1, 0.15) is 6.04 Å². The number of Topliss-reactive ketones (excluding diaryl/α,β-unsaturated/α-hetero) is 1. The summed E-state index contributed by atoms with van der Waals surface area (Å²) in [4.78, 5) is 35.6. The number of carboxylic acids is 1. The number of amides is 1. The number of carboxylic acid groups (broad SMARTS) is 1. The molecule has 1 aliphatic heterocycles. The van der Waals surface area contributed by atoms with Gasteiger partial charge in [-0.25, -0.2) is 4.79 Å². The zero-order chi connectivity index (χ0) is 12.5. The summed E-state index contributed by atoms with van der Waals surface area (Å²) in [6.07, 6.45) is 1.07. The van der Waals surface area contributed by atoms with Crippen LogP contribution in [0, 0.1) is 5.41 Å². The molecule has 0 spiro atoms. The Bertz CT molecular complexity index is 329. The van der Waals surface area contributed by atoms with Crippen molar-refractivity contribution >= 4 is 17.7 Å². The van der Waals surface area contributed by atoms with Gasteiger partial charge in [0, 0.05) is 12.0 Å². The molecule has 16 heavy (non-hydrogen) atoms. The molecule has 90 valence electrons. The lowest BCUT2D eigenvalue weighted by Crippen LogP contribution is -2.46. The van der Waals surface area contributed by atoms with Crippen molar-refractivity contribution in [3.05, 3.63) is 0 Å². The van der Waals surface area contributed by atoms with Gasteiger partial charge in [-0.1, -0.05) is 20.8 Å². The van der Waals surface area contributed by atoms with Crippen LogP contribution in [0.15, 0.2) is 0 Å². The highest BCUT2D eigenvalue weighted by molar-refractivity contribution is 6.38. The van der Waals surface area contributed by atoms with Crippen molar-refractivity contribution in [1.29, 1.82) is 0 Å². The Hall–Kier alpha value is -1.39. The van der Waals surface area contributed by atoms with Crippen LogP contribution in [-0.4, -0.2) is 40.3 Å². The highest BCUT2D eigenvalue weighted by atomic mass is 16.4. The molecule has 1 heterocycles. The molecule has 0 saturated carbocycles. The van der Waals surface area contributed by atoms with Crippen LogP contribution in [-0.2, 0) is 14.4 Å². The van der Waals surface area contributed by atoms with Crippen molar-refractivity contribution in [2.75, 3.05) is 6.54 Å². The molecule has 0 bridgehead atoms. The maximum Gasteiger partial charge on any atom is 0.326 e. The topological polar surface area (TPSA) is 74.7 Å². The molecule has 1 atom stereocenters. The number of rotatable bonds is 2. The van der Waals surface area contributed by atoms with Crippen LogP contribution in [0.4, 0.5) is 0 Å². The van der Waals surface area contributed by atoms with Gasteiger partial charge in [0.25, 0.3) is 5.91 Å². The van der Waals surface area contributed by atoms with E-state index in [4.69, 9.17) is 5.11 Å². The average Bonchev–Trinajstić information content (AvgIpc) is 2.62. The third-order valence-electron chi connectivity index (χ3n) is 2.67. The molecule has 1 aliphatic rings. The molecular weight excluding hydrogens is 210 g/mol. The number of aliphatic carboxylic acids is 1. The predicted octanol–water partition coefficient (Wildman–Crippen LogP) is 0.677. The van der Waals surface area contributed by atoms with E-state index in [1.807, 2.05) is 0 Å². The van der Waals surface area contributed by atoms with Gasteiger partial charge in [-0.15, -0.1) is 0 Å². The standard InChI is InChI=1S/C11H17NO4/c1-11(2,3)8(13)9(14)12-6-4-5-7(12)10(15)16/h7H,4-6H2,1-3H3,(H,15,16)/t7-/m0/s1. The minimum atomic E-state index is -1.03. The average molecular weight is 227 g/mol. The summed E-state index contributed by atoms with van der Waals surface area (Å²) >= 11 is 0. The van der Waals surface area contributed by atoms with E-state index in [0.717, 1.165) is 0 Å². The van der Waals surface area contributed by atoms with Crippen LogP contribution in [0.2, 0.25) is 0 Å². The Balaban J connectivity index is 2.82. The first-order valence-corrected chi connectivity index (χ1v) is 5.33. The van der Waals surface area contributed by atoms with Gasteiger partial charge >= 0.3 is 5.97 Å². The minimum Gasteiger partial charge on any atom is -0.480 e. The fourth-order valence-corrected chi connectivity index (χ4v) is 1.72. The van der Waals surface area contributed by atoms with Crippen molar-refractivity contribution in [2.24, 2.45) is 5.41 Å². The number of nitrogens with zero attached hydrogens (tertiary/aromatic N) is 1. The highest BCUT2D eigenvalue weighted by Crippen LogP contribution is 2.22. The van der Waals surface area contributed by atoms with E-state index in [2.05, 4.69) is 0 Å². The molecule has 1 amide bonds. The molecule has 0 radical (unpaired) electrons. The maximum atomic E-state index is 11.8. The zero-order valence-corrected chi connectivity index (χ0v) is 9.82. The first kappa shape index (κ1) is 12.7. The summed E-state index contributed by atoms with van der Waals surface area (Å²) in [5.74, 6) is -2.23. The minimum absolute atomic E-state index is 0.359. The third kappa shape index (κ3) is 2.40. The van der Waals surface area contributed by atoms with E-state index in [9.17, 15) is 14.4 Å². The Morgan fingerprint density at radius 3 is 2.25 bits per heavy atom. The maximum absolute atomic E-state index is 11.8. The van der Waals surface area contributed by atoms with Crippen molar-refractivity contribution < 1.29 is 19.5 Å². The Morgan fingerprint density at radius 2 is 1.81 bits per heavy atom. The number of ketones is 1. The van der Waals surface area contributed by atoms with E-state index in [-0.39, 0.29) is 0 Å². The Kier molecular flexibility index (Phi) is 3.35. The largest absolute Gasteiger partial charge is 0.480 e. The lowest BCUT2D eigenvalue weighted by atomic mass is 9.90. The Morgan fingerprint density at radius 1 is 1.25 bits per heavy atom. The monoisotopic (exact) mass is 227 g/mol. The van der Waals surface area contributed by atoms with Crippen LogP contribution in [0.5, 0.6) is 0 Å². The van der Waals surface area contributed by atoms with Crippen LogP contribution < -0.4 is 0 Å². The van der Waals surface area contributed by atoms with Gasteiger partial charge in [0.2, 0.25) is 5.78 Å². The number of hydrogen-bond donors (Lipinski definition) is 1. The molecule has 1 rings (SSSR count). The number of carbonyl (C=O) groups excluding carboxylic acids is 2. The van der Waals surface area contributed by atoms with Crippen molar-refractivity contribution in [3.8, 4) is 0 Å². The molecule has 0 aliphatic carbocycles. The first-order chi connectivity index (χ1) is 7.25. The SMILES string of the molecule is CC(C)(C)C(=O)C(=O)N1CCC[C@H]1C(=O)O. The second-order valence-corrected chi connectivity index (χ2v) is 5.07. The summed E-state index contributed by atoms with van der Waals surface area (Å²) in [5.41, 5.74) is -0.761. The lowest BCUT2D eigenvalue weighted by Gasteiger charge is -2.24. The van der Waals surface area contributed by atoms with Crippen molar-refractivity contribution in [1.82, 2.24) is 4.90 Å². The molecule has 0 aromatic carbocycles. The van der Waals surface area contributed by atoms with Gasteiger partial charge in [0.15, 0.2) is 0 Å². The van der Waals surface area contributed by atoms with E-state index in [1.54, 1.807) is 20.8 Å². The van der Waals surface area contributed by atoms with Crippen molar-refractivity contribution in [2.45, 2.75) is 39.7 Å². The predicted molar refractivity (Wildman–Crippen MR) is 56.8 cm³/mol. The van der Waals surface area contributed by atoms with Gasteiger partial charge < -0.3 is 10.0 Å². The van der Waals surface area contributed by atoms with E-state index >= 15 is 0 Å².